The number of pyridine rings is 1. The molecular formula is C27H27Cl3N3O2V. The zero-order chi connectivity index (χ0) is 22.0. The summed E-state index contributed by atoms with van der Waals surface area (Å²) in [5.41, 5.74) is 3.31. The summed E-state index contributed by atoms with van der Waals surface area (Å²) >= 11 is 0. The quantitative estimate of drug-likeness (QED) is 0.296. The fourth-order valence-electron chi connectivity index (χ4n) is 4.25. The summed E-state index contributed by atoms with van der Waals surface area (Å²) in [6.07, 6.45) is 1.65. The van der Waals surface area contributed by atoms with Crippen LogP contribution in [0.5, 0.6) is 0 Å². The minimum Gasteiger partial charge on any atom is -1.00 e. The Hall–Kier alpha value is -2.02. The van der Waals surface area contributed by atoms with Crippen molar-refractivity contribution in [1.29, 1.82) is 0 Å². The van der Waals surface area contributed by atoms with Gasteiger partial charge in [-0.15, -0.1) is 0 Å². The van der Waals surface area contributed by atoms with Crippen LogP contribution < -0.4 is 37.2 Å². The van der Waals surface area contributed by atoms with E-state index in [1.54, 1.807) is 0 Å². The summed E-state index contributed by atoms with van der Waals surface area (Å²) in [5, 5.41) is 0. The number of nitrogens with zero attached hydrogens (tertiary/aromatic N) is 3. The second-order valence-electron chi connectivity index (χ2n) is 9.14. The van der Waals surface area contributed by atoms with Gasteiger partial charge in [0.1, 0.15) is 24.6 Å². The zero-order valence-electron chi connectivity index (χ0n) is 20.1. The van der Waals surface area contributed by atoms with Gasteiger partial charge in [-0.1, -0.05) is 66.7 Å². The molecule has 5 rings (SSSR count). The van der Waals surface area contributed by atoms with E-state index in [-0.39, 0.29) is 66.9 Å². The van der Waals surface area contributed by atoms with Crippen LogP contribution >= 0.6 is 0 Å². The average molecular weight is 583 g/mol. The van der Waals surface area contributed by atoms with Crippen LogP contribution in [0.15, 0.2) is 88.8 Å². The number of hydrogen-bond acceptors (Lipinski definition) is 5. The molecule has 0 amide bonds. The molecule has 1 aromatic heterocycles. The van der Waals surface area contributed by atoms with E-state index in [1.807, 2.05) is 30.3 Å². The Labute approximate surface area is 243 Å². The predicted molar refractivity (Wildman–Crippen MR) is 126 cm³/mol. The molecule has 0 N–H and O–H groups in total. The Morgan fingerprint density at radius 3 is 1.39 bits per heavy atom. The molecule has 3 aromatic rings. The Bertz CT molecular complexity index is 1090. The van der Waals surface area contributed by atoms with E-state index in [4.69, 9.17) is 24.4 Å². The van der Waals surface area contributed by atoms with Gasteiger partial charge < -0.3 is 46.7 Å². The summed E-state index contributed by atoms with van der Waals surface area (Å²) in [4.78, 5) is 14.5. The molecule has 9 heteroatoms. The molecule has 0 radical (unpaired) electrons. The molecule has 5 nitrogen and oxygen atoms in total. The molecule has 2 atom stereocenters. The number of ether oxygens (including phenoxy) is 2. The van der Waals surface area contributed by atoms with Gasteiger partial charge in [-0.3, -0.25) is 0 Å². The van der Waals surface area contributed by atoms with Crippen molar-refractivity contribution in [1.82, 2.24) is 4.98 Å². The maximum Gasteiger partial charge on any atom is 3.00 e. The molecule has 0 saturated carbocycles. The van der Waals surface area contributed by atoms with Gasteiger partial charge in [0.25, 0.3) is 0 Å². The van der Waals surface area contributed by atoms with Crippen LogP contribution in [0.25, 0.3) is 0 Å². The molecule has 2 unspecified atom stereocenters. The first-order valence-electron chi connectivity index (χ1n) is 11.0. The third kappa shape index (κ3) is 7.50. The van der Waals surface area contributed by atoms with Crippen LogP contribution in [0.4, 0.5) is 0 Å². The first kappa shape index (κ1) is 32.0. The van der Waals surface area contributed by atoms with Crippen molar-refractivity contribution < 1.29 is 65.3 Å². The van der Waals surface area contributed by atoms with Crippen molar-refractivity contribution >= 4 is 11.8 Å². The van der Waals surface area contributed by atoms with Crippen molar-refractivity contribution in [2.45, 2.75) is 37.8 Å². The summed E-state index contributed by atoms with van der Waals surface area (Å²) in [6.45, 7) is 5.32. The number of halogens is 3. The van der Waals surface area contributed by atoms with Gasteiger partial charge >= 0.3 is 18.6 Å². The Kier molecular flexibility index (Phi) is 12.0. The Balaban J connectivity index is 0.00000162. The molecule has 0 bridgehead atoms. The minimum absolute atomic E-state index is 0. The third-order valence-electron chi connectivity index (χ3n) is 5.83. The van der Waals surface area contributed by atoms with Gasteiger partial charge in [-0.05, 0) is 37.1 Å². The van der Waals surface area contributed by atoms with E-state index >= 15 is 0 Å². The first-order chi connectivity index (χ1) is 15.5. The van der Waals surface area contributed by atoms with E-state index in [9.17, 15) is 0 Å². The molecule has 3 heterocycles. The number of hydrogen-bond donors (Lipinski definition) is 0. The molecule has 0 aliphatic carbocycles. The van der Waals surface area contributed by atoms with Crippen molar-refractivity contribution in [2.75, 3.05) is 13.2 Å². The van der Waals surface area contributed by atoms with E-state index < -0.39 is 0 Å². The topological polar surface area (TPSA) is 56.1 Å². The molecule has 36 heavy (non-hydrogen) atoms. The summed E-state index contributed by atoms with van der Waals surface area (Å²) < 4.78 is 11.9. The van der Waals surface area contributed by atoms with Gasteiger partial charge in [-0.25, -0.2) is 15.0 Å². The zero-order valence-corrected chi connectivity index (χ0v) is 23.7. The molecule has 0 saturated heterocycles. The fraction of sp³-hybridized carbons (Fsp3) is 0.296. The second kappa shape index (κ2) is 13.5. The van der Waals surface area contributed by atoms with Crippen LogP contribution in [-0.4, -0.2) is 41.1 Å². The van der Waals surface area contributed by atoms with E-state index in [1.165, 1.54) is 11.1 Å². The van der Waals surface area contributed by atoms with E-state index in [2.05, 4.69) is 62.4 Å². The summed E-state index contributed by atoms with van der Waals surface area (Å²) in [5.74, 6) is 1.16. The number of rotatable bonds is 6. The van der Waals surface area contributed by atoms with E-state index in [0.717, 1.165) is 12.8 Å². The van der Waals surface area contributed by atoms with Crippen molar-refractivity contribution in [3.05, 3.63) is 101 Å². The molecular weight excluding hydrogens is 556 g/mol. The molecule has 2 aliphatic heterocycles. The van der Waals surface area contributed by atoms with Crippen molar-refractivity contribution in [3.8, 4) is 0 Å². The van der Waals surface area contributed by atoms with Crippen LogP contribution in [0.2, 0.25) is 0 Å². The van der Waals surface area contributed by atoms with Gasteiger partial charge in [0.15, 0.2) is 0 Å². The molecule has 2 aliphatic rings. The molecule has 0 fully saturated rings. The van der Waals surface area contributed by atoms with Gasteiger partial charge in [0.2, 0.25) is 11.8 Å². The third-order valence-corrected chi connectivity index (χ3v) is 5.83. The van der Waals surface area contributed by atoms with Gasteiger partial charge in [-0.2, -0.15) is 0 Å². The number of aromatic nitrogens is 1. The number of benzene rings is 2. The van der Waals surface area contributed by atoms with E-state index in [0.29, 0.717) is 36.4 Å². The average Bonchev–Trinajstić information content (AvgIpc) is 3.38. The monoisotopic (exact) mass is 581 g/mol. The molecule has 2 aromatic carbocycles. The number of aliphatic imine (C=N–C) groups is 2. The minimum atomic E-state index is -0.302. The molecule has 188 valence electrons. The molecule has 0 spiro atoms. The Morgan fingerprint density at radius 2 is 1.00 bits per heavy atom. The van der Waals surface area contributed by atoms with Gasteiger partial charge in [0, 0.05) is 12.8 Å². The standard InChI is InChI=1S/C27H27N3O2.3ClH.V/c1-26(16-20-10-5-3-6-11-20)18-31-24(29-26)22-14-9-15-23(28-22)25-30-27(2,19-32-25)17-21-12-7-4-8-13-21;;;;/h3-15H,16-19H2,1-2H3;3*1H;/q;;;;+3/p-3. The maximum absolute atomic E-state index is 5.97. The van der Waals surface area contributed by atoms with Crippen LogP contribution in [0.1, 0.15) is 36.4 Å². The normalized spacial score (nSPS) is 21.7. The fourth-order valence-corrected chi connectivity index (χ4v) is 4.25. The first-order valence-corrected chi connectivity index (χ1v) is 11.0. The maximum atomic E-state index is 5.97. The smallest absolute Gasteiger partial charge is 1.00 e. The van der Waals surface area contributed by atoms with Crippen LogP contribution in [-0.2, 0) is 40.9 Å². The van der Waals surface area contributed by atoms with Crippen LogP contribution in [0.3, 0.4) is 0 Å². The predicted octanol–water partition coefficient (Wildman–Crippen LogP) is -4.35. The SMILES string of the molecule is CC1(Cc2ccccc2)COC(c2cccc(C3=NC(C)(Cc4ccccc4)CO3)n2)=N1.[Cl-].[Cl-].[Cl-].[V+3]. The van der Waals surface area contributed by atoms with Crippen molar-refractivity contribution in [3.63, 3.8) is 0 Å². The summed E-state index contributed by atoms with van der Waals surface area (Å²) in [7, 11) is 0. The van der Waals surface area contributed by atoms with Crippen LogP contribution in [0, 0.1) is 0 Å². The summed E-state index contributed by atoms with van der Waals surface area (Å²) in [6, 6.07) is 26.6. The largest absolute Gasteiger partial charge is 3.00 e. The van der Waals surface area contributed by atoms with Gasteiger partial charge in [0.05, 0.1) is 11.1 Å². The Morgan fingerprint density at radius 1 is 0.611 bits per heavy atom. The van der Waals surface area contributed by atoms with Crippen molar-refractivity contribution in [2.24, 2.45) is 9.98 Å². The second-order valence-corrected chi connectivity index (χ2v) is 9.14.